The van der Waals surface area contributed by atoms with E-state index >= 15 is 0 Å². The van der Waals surface area contributed by atoms with Crippen LogP contribution in [0.3, 0.4) is 0 Å². The molecule has 0 aliphatic rings. The molecule has 0 fully saturated rings. The van der Waals surface area contributed by atoms with Gasteiger partial charge in [0.1, 0.15) is 0 Å². The van der Waals surface area contributed by atoms with Crippen molar-refractivity contribution in [3.63, 3.8) is 0 Å². The van der Waals surface area contributed by atoms with Gasteiger partial charge in [-0.3, -0.25) is 0 Å². The van der Waals surface area contributed by atoms with Crippen LogP contribution >= 0.6 is 0 Å². The van der Waals surface area contributed by atoms with Crippen molar-refractivity contribution in [1.29, 1.82) is 0 Å². The fourth-order valence-electron chi connectivity index (χ4n) is 1.31. The lowest BCUT2D eigenvalue weighted by Crippen LogP contribution is -1.95. The summed E-state index contributed by atoms with van der Waals surface area (Å²) in [5.41, 5.74) is 1.69. The molecule has 0 aliphatic carbocycles. The number of nitrogens with one attached hydrogen (secondary N) is 1. The largest absolute Gasteiger partial charge is 0.478 e. The maximum absolute atomic E-state index is 10.8. The number of H-pyrrole nitrogens is 1. The van der Waals surface area contributed by atoms with Crippen LogP contribution in [0.25, 0.3) is 11.5 Å². The van der Waals surface area contributed by atoms with E-state index in [1.165, 1.54) is 6.07 Å². The highest BCUT2D eigenvalue weighted by Crippen LogP contribution is 2.23. The Bertz CT molecular complexity index is 467. The molecule has 14 heavy (non-hydrogen) atoms. The van der Waals surface area contributed by atoms with Crippen LogP contribution in [0.1, 0.15) is 15.9 Å². The Labute approximate surface area is 80.2 Å². The van der Waals surface area contributed by atoms with E-state index in [2.05, 4.69) is 4.98 Å². The second kappa shape index (κ2) is 3.06. The summed E-state index contributed by atoms with van der Waals surface area (Å²) in [4.78, 5) is 13.6. The number of carbonyl (C=O) groups is 1. The number of aryl methyl sites for hydroxylation is 1. The standard InChI is InChI=1S/C10H9NO3/c1-6-4-8(14-5-6)9-7(10(12)13)2-3-11-9/h2-5,11H,1H3,(H,12,13). The summed E-state index contributed by atoms with van der Waals surface area (Å²) in [6, 6.07) is 3.30. The summed E-state index contributed by atoms with van der Waals surface area (Å²) in [6.45, 7) is 1.89. The summed E-state index contributed by atoms with van der Waals surface area (Å²) in [6.07, 6.45) is 3.17. The molecule has 4 nitrogen and oxygen atoms in total. The van der Waals surface area contributed by atoms with E-state index in [1.54, 1.807) is 18.5 Å². The fraction of sp³-hybridized carbons (Fsp3) is 0.100. The molecule has 2 rings (SSSR count). The Balaban J connectivity index is 2.51. The van der Waals surface area contributed by atoms with Gasteiger partial charge in [-0.25, -0.2) is 4.79 Å². The van der Waals surface area contributed by atoms with Crippen LogP contribution < -0.4 is 0 Å². The van der Waals surface area contributed by atoms with Gasteiger partial charge in [0.25, 0.3) is 0 Å². The molecule has 0 radical (unpaired) electrons. The molecule has 0 amide bonds. The van der Waals surface area contributed by atoms with Crippen molar-refractivity contribution in [2.24, 2.45) is 0 Å². The number of carboxylic acid groups (broad SMARTS) is 1. The molecule has 0 saturated carbocycles. The SMILES string of the molecule is Cc1coc(-c2[nH]ccc2C(=O)O)c1. The summed E-state index contributed by atoms with van der Waals surface area (Å²) in [5.74, 6) is -0.416. The van der Waals surface area contributed by atoms with Crippen LogP contribution in [0.15, 0.2) is 29.0 Å². The van der Waals surface area contributed by atoms with Gasteiger partial charge in [0.05, 0.1) is 17.5 Å². The zero-order valence-electron chi connectivity index (χ0n) is 7.57. The van der Waals surface area contributed by atoms with Crippen LogP contribution in [0.4, 0.5) is 0 Å². The monoisotopic (exact) mass is 191 g/mol. The van der Waals surface area contributed by atoms with Gasteiger partial charge in [-0.15, -0.1) is 0 Å². The molecule has 2 aromatic heterocycles. The van der Waals surface area contributed by atoms with E-state index in [1.807, 2.05) is 6.92 Å². The Morgan fingerprint density at radius 1 is 1.57 bits per heavy atom. The smallest absolute Gasteiger partial charge is 0.338 e. The van der Waals surface area contributed by atoms with Gasteiger partial charge in [0.15, 0.2) is 5.76 Å². The van der Waals surface area contributed by atoms with Crippen molar-refractivity contribution >= 4 is 5.97 Å². The lowest BCUT2D eigenvalue weighted by Gasteiger charge is -1.94. The van der Waals surface area contributed by atoms with E-state index in [0.717, 1.165) is 5.56 Å². The van der Waals surface area contributed by atoms with Gasteiger partial charge >= 0.3 is 5.97 Å². The number of aromatic carboxylic acids is 1. The number of furan rings is 1. The molecular weight excluding hydrogens is 182 g/mol. The molecule has 4 heteroatoms. The molecule has 0 unspecified atom stereocenters. The molecule has 0 aromatic carbocycles. The van der Waals surface area contributed by atoms with Gasteiger partial charge in [-0.1, -0.05) is 0 Å². The Hall–Kier alpha value is -1.97. The summed E-state index contributed by atoms with van der Waals surface area (Å²) < 4.78 is 5.20. The lowest BCUT2D eigenvalue weighted by atomic mass is 10.2. The van der Waals surface area contributed by atoms with Crippen molar-refractivity contribution < 1.29 is 14.3 Å². The third kappa shape index (κ3) is 1.31. The number of aromatic amines is 1. The van der Waals surface area contributed by atoms with Gasteiger partial charge in [-0.2, -0.15) is 0 Å². The van der Waals surface area contributed by atoms with E-state index in [9.17, 15) is 4.79 Å². The maximum Gasteiger partial charge on any atom is 0.338 e. The first-order valence-corrected chi connectivity index (χ1v) is 4.14. The number of hydrogen-bond donors (Lipinski definition) is 2. The third-order valence-corrected chi connectivity index (χ3v) is 1.95. The molecule has 0 atom stereocenters. The summed E-state index contributed by atoms with van der Waals surface area (Å²) in [5, 5.41) is 8.86. The zero-order valence-corrected chi connectivity index (χ0v) is 7.57. The van der Waals surface area contributed by atoms with Crippen LogP contribution in [0.5, 0.6) is 0 Å². The fourth-order valence-corrected chi connectivity index (χ4v) is 1.31. The molecular formula is C10H9NO3. The first-order chi connectivity index (χ1) is 6.68. The average molecular weight is 191 g/mol. The van der Waals surface area contributed by atoms with Gasteiger partial charge in [0.2, 0.25) is 0 Å². The lowest BCUT2D eigenvalue weighted by molar-refractivity contribution is 0.0698. The topological polar surface area (TPSA) is 66.2 Å². The first kappa shape index (κ1) is 8.62. The minimum absolute atomic E-state index is 0.222. The predicted octanol–water partition coefficient (Wildman–Crippen LogP) is 2.28. The highest BCUT2D eigenvalue weighted by molar-refractivity contribution is 5.94. The molecule has 72 valence electrons. The number of aromatic nitrogens is 1. The average Bonchev–Trinajstić information content (AvgIpc) is 2.70. The second-order valence-corrected chi connectivity index (χ2v) is 3.06. The quantitative estimate of drug-likeness (QED) is 0.765. The Morgan fingerprint density at radius 3 is 2.93 bits per heavy atom. The number of hydrogen-bond acceptors (Lipinski definition) is 2. The summed E-state index contributed by atoms with van der Waals surface area (Å²) in [7, 11) is 0. The molecule has 2 heterocycles. The first-order valence-electron chi connectivity index (χ1n) is 4.14. The van der Waals surface area contributed by atoms with Crippen molar-refractivity contribution in [1.82, 2.24) is 4.98 Å². The molecule has 0 bridgehead atoms. The van der Waals surface area contributed by atoms with E-state index < -0.39 is 5.97 Å². The van der Waals surface area contributed by atoms with Gasteiger partial charge in [0, 0.05) is 6.20 Å². The van der Waals surface area contributed by atoms with Crippen molar-refractivity contribution in [3.05, 3.63) is 35.7 Å². The molecule has 0 saturated heterocycles. The minimum Gasteiger partial charge on any atom is -0.478 e. The normalized spacial score (nSPS) is 10.4. The van der Waals surface area contributed by atoms with Crippen LogP contribution in [-0.2, 0) is 0 Å². The van der Waals surface area contributed by atoms with Gasteiger partial charge in [-0.05, 0) is 24.6 Å². The predicted molar refractivity (Wildman–Crippen MR) is 50.2 cm³/mol. The highest BCUT2D eigenvalue weighted by atomic mass is 16.4. The van der Waals surface area contributed by atoms with Gasteiger partial charge < -0.3 is 14.5 Å². The molecule has 2 aromatic rings. The van der Waals surface area contributed by atoms with E-state index in [-0.39, 0.29) is 5.56 Å². The van der Waals surface area contributed by atoms with Crippen molar-refractivity contribution in [2.45, 2.75) is 6.92 Å². The summed E-state index contributed by atoms with van der Waals surface area (Å²) >= 11 is 0. The van der Waals surface area contributed by atoms with Crippen LogP contribution in [0, 0.1) is 6.92 Å². The highest BCUT2D eigenvalue weighted by Gasteiger charge is 2.14. The molecule has 2 N–H and O–H groups in total. The third-order valence-electron chi connectivity index (χ3n) is 1.95. The number of carboxylic acids is 1. The minimum atomic E-state index is -0.963. The maximum atomic E-state index is 10.8. The zero-order chi connectivity index (χ0) is 10.1. The van der Waals surface area contributed by atoms with Crippen LogP contribution in [0.2, 0.25) is 0 Å². The Kier molecular flexibility index (Phi) is 1.89. The van der Waals surface area contributed by atoms with Crippen molar-refractivity contribution in [2.75, 3.05) is 0 Å². The molecule has 0 aliphatic heterocycles. The van der Waals surface area contributed by atoms with Crippen molar-refractivity contribution in [3.8, 4) is 11.5 Å². The van der Waals surface area contributed by atoms with E-state index in [0.29, 0.717) is 11.5 Å². The second-order valence-electron chi connectivity index (χ2n) is 3.06. The van der Waals surface area contributed by atoms with E-state index in [4.69, 9.17) is 9.52 Å². The van der Waals surface area contributed by atoms with Crippen LogP contribution in [-0.4, -0.2) is 16.1 Å². The molecule has 0 spiro atoms. The Morgan fingerprint density at radius 2 is 2.36 bits per heavy atom. The number of rotatable bonds is 2.